The lowest BCUT2D eigenvalue weighted by molar-refractivity contribution is -0.0282. The first kappa shape index (κ1) is 18.0. The van der Waals surface area contributed by atoms with Crippen molar-refractivity contribution in [3.63, 3.8) is 0 Å². The Labute approximate surface area is 149 Å². The van der Waals surface area contributed by atoms with Gasteiger partial charge in [-0.15, -0.1) is 0 Å². The van der Waals surface area contributed by atoms with E-state index in [0.717, 1.165) is 55.8 Å². The van der Waals surface area contributed by atoms with Gasteiger partial charge in [-0.25, -0.2) is 9.97 Å². The number of hydrogen-bond donors (Lipinski definition) is 1. The molecular formula is C20H27N3O2. The average molecular weight is 341 g/mol. The fourth-order valence-corrected chi connectivity index (χ4v) is 3.49. The highest BCUT2D eigenvalue weighted by Gasteiger charge is 2.34. The quantitative estimate of drug-likeness (QED) is 0.875. The maximum atomic E-state index is 11.1. The van der Waals surface area contributed by atoms with Crippen molar-refractivity contribution < 1.29 is 9.84 Å². The summed E-state index contributed by atoms with van der Waals surface area (Å²) in [6.45, 7) is 5.28. The van der Waals surface area contributed by atoms with Gasteiger partial charge in [0.15, 0.2) is 0 Å². The summed E-state index contributed by atoms with van der Waals surface area (Å²) in [5.74, 6) is 0.818. The summed E-state index contributed by atoms with van der Waals surface area (Å²) in [5.41, 5.74) is 2.64. The van der Waals surface area contributed by atoms with Gasteiger partial charge < -0.3 is 9.84 Å². The van der Waals surface area contributed by atoms with Gasteiger partial charge in [0.25, 0.3) is 0 Å². The van der Waals surface area contributed by atoms with Gasteiger partial charge in [0.1, 0.15) is 5.82 Å². The standard InChI is InChI=1S/C20H27N3O2/c1-16-5-3-4-6-18(16)20(24)8-10-23(11-9-20)15-17-13-21-19(22-14-17)7-12-25-2/h3-6,13-14,24H,7-12,15H2,1-2H3. The summed E-state index contributed by atoms with van der Waals surface area (Å²) in [6, 6.07) is 8.16. The molecule has 0 bridgehead atoms. The third-order valence-electron chi connectivity index (χ3n) is 5.02. The number of nitrogens with zero attached hydrogens (tertiary/aromatic N) is 3. The summed E-state index contributed by atoms with van der Waals surface area (Å²) in [7, 11) is 1.68. The van der Waals surface area contributed by atoms with Gasteiger partial charge in [-0.2, -0.15) is 0 Å². The minimum Gasteiger partial charge on any atom is -0.385 e. The van der Waals surface area contributed by atoms with E-state index in [1.807, 2.05) is 24.5 Å². The van der Waals surface area contributed by atoms with Crippen molar-refractivity contribution in [2.75, 3.05) is 26.8 Å². The molecule has 0 unspecified atom stereocenters. The molecule has 1 fully saturated rings. The highest BCUT2D eigenvalue weighted by molar-refractivity contribution is 5.31. The monoisotopic (exact) mass is 341 g/mol. The fraction of sp³-hybridized carbons (Fsp3) is 0.500. The molecule has 1 aliphatic heterocycles. The zero-order chi connectivity index (χ0) is 17.7. The molecule has 3 rings (SSSR count). The molecule has 1 saturated heterocycles. The molecule has 0 atom stereocenters. The van der Waals surface area contributed by atoms with Crippen LogP contribution >= 0.6 is 0 Å². The van der Waals surface area contributed by atoms with Gasteiger partial charge in [-0.05, 0) is 30.9 Å². The highest BCUT2D eigenvalue weighted by atomic mass is 16.5. The Morgan fingerprint density at radius 1 is 1.16 bits per heavy atom. The second kappa shape index (κ2) is 8.04. The van der Waals surface area contributed by atoms with Crippen molar-refractivity contribution >= 4 is 0 Å². The number of rotatable bonds is 6. The average Bonchev–Trinajstić information content (AvgIpc) is 2.63. The molecule has 5 heteroatoms. The van der Waals surface area contributed by atoms with Crippen LogP contribution in [0.15, 0.2) is 36.7 Å². The smallest absolute Gasteiger partial charge is 0.130 e. The van der Waals surface area contributed by atoms with Crippen molar-refractivity contribution in [1.82, 2.24) is 14.9 Å². The molecule has 0 aliphatic carbocycles. The first-order chi connectivity index (χ1) is 12.1. The second-order valence-corrected chi connectivity index (χ2v) is 6.87. The SMILES string of the molecule is COCCc1ncc(CN2CCC(O)(c3ccccc3C)CC2)cn1. The molecular weight excluding hydrogens is 314 g/mol. The van der Waals surface area contributed by atoms with E-state index in [4.69, 9.17) is 4.74 Å². The van der Waals surface area contributed by atoms with Gasteiger partial charge in [-0.1, -0.05) is 24.3 Å². The van der Waals surface area contributed by atoms with Crippen molar-refractivity contribution in [2.24, 2.45) is 0 Å². The van der Waals surface area contributed by atoms with Crippen LogP contribution in [-0.4, -0.2) is 46.8 Å². The van der Waals surface area contributed by atoms with E-state index < -0.39 is 5.60 Å². The number of piperidine rings is 1. The Bertz CT molecular complexity index is 680. The largest absolute Gasteiger partial charge is 0.385 e. The predicted octanol–water partition coefficient (Wildman–Crippen LogP) is 2.46. The maximum absolute atomic E-state index is 11.1. The number of aryl methyl sites for hydroxylation is 1. The van der Waals surface area contributed by atoms with E-state index in [0.29, 0.717) is 6.61 Å². The van der Waals surface area contributed by atoms with E-state index in [1.165, 1.54) is 5.56 Å². The van der Waals surface area contributed by atoms with Gasteiger partial charge in [0, 0.05) is 51.1 Å². The molecule has 0 saturated carbocycles. The fourth-order valence-electron chi connectivity index (χ4n) is 3.49. The second-order valence-electron chi connectivity index (χ2n) is 6.87. The number of likely N-dealkylation sites (tertiary alicyclic amines) is 1. The van der Waals surface area contributed by atoms with Gasteiger partial charge in [0.05, 0.1) is 12.2 Å². The predicted molar refractivity (Wildman–Crippen MR) is 97.2 cm³/mol. The normalized spacial score (nSPS) is 17.6. The zero-order valence-electron chi connectivity index (χ0n) is 15.1. The lowest BCUT2D eigenvalue weighted by Crippen LogP contribution is -2.42. The Hall–Kier alpha value is -1.82. The topological polar surface area (TPSA) is 58.5 Å². The molecule has 1 aromatic heterocycles. The van der Waals surface area contributed by atoms with Gasteiger partial charge >= 0.3 is 0 Å². The summed E-state index contributed by atoms with van der Waals surface area (Å²) >= 11 is 0. The molecule has 5 nitrogen and oxygen atoms in total. The maximum Gasteiger partial charge on any atom is 0.130 e. The number of aliphatic hydroxyl groups is 1. The summed E-state index contributed by atoms with van der Waals surface area (Å²) in [6.07, 6.45) is 6.06. The van der Waals surface area contributed by atoms with Crippen molar-refractivity contribution in [1.29, 1.82) is 0 Å². The lowest BCUT2D eigenvalue weighted by atomic mass is 9.82. The molecule has 0 amide bonds. The molecule has 0 spiro atoms. The minimum absolute atomic E-state index is 0.642. The van der Waals surface area contributed by atoms with E-state index >= 15 is 0 Å². The molecule has 2 heterocycles. The minimum atomic E-state index is -0.706. The summed E-state index contributed by atoms with van der Waals surface area (Å²) < 4.78 is 5.05. The van der Waals surface area contributed by atoms with Crippen LogP contribution in [0, 0.1) is 6.92 Å². The molecule has 1 aromatic carbocycles. The molecule has 1 N–H and O–H groups in total. The van der Waals surface area contributed by atoms with Crippen LogP contribution in [0.25, 0.3) is 0 Å². The summed E-state index contributed by atoms with van der Waals surface area (Å²) in [5, 5.41) is 11.1. The number of methoxy groups -OCH3 is 1. The van der Waals surface area contributed by atoms with Crippen LogP contribution in [0.5, 0.6) is 0 Å². The molecule has 25 heavy (non-hydrogen) atoms. The third-order valence-corrected chi connectivity index (χ3v) is 5.02. The lowest BCUT2D eigenvalue weighted by Gasteiger charge is -2.39. The van der Waals surface area contributed by atoms with Crippen LogP contribution in [0.2, 0.25) is 0 Å². The number of benzene rings is 1. The van der Waals surface area contributed by atoms with Crippen LogP contribution < -0.4 is 0 Å². The van der Waals surface area contributed by atoms with E-state index in [-0.39, 0.29) is 0 Å². The molecule has 1 aliphatic rings. The first-order valence-corrected chi connectivity index (χ1v) is 8.90. The zero-order valence-corrected chi connectivity index (χ0v) is 15.1. The van der Waals surface area contributed by atoms with Gasteiger partial charge in [0.2, 0.25) is 0 Å². The number of hydrogen-bond acceptors (Lipinski definition) is 5. The molecule has 0 radical (unpaired) electrons. The Morgan fingerprint density at radius 2 is 1.84 bits per heavy atom. The Balaban J connectivity index is 1.56. The van der Waals surface area contributed by atoms with Crippen molar-refractivity contribution in [2.45, 2.75) is 38.3 Å². The number of ether oxygens (including phenoxy) is 1. The van der Waals surface area contributed by atoms with Crippen molar-refractivity contribution in [3.05, 3.63) is 59.2 Å². The molecule has 134 valence electrons. The van der Waals surface area contributed by atoms with E-state index in [9.17, 15) is 5.11 Å². The first-order valence-electron chi connectivity index (χ1n) is 8.90. The van der Waals surface area contributed by atoms with Crippen molar-refractivity contribution in [3.8, 4) is 0 Å². The number of aromatic nitrogens is 2. The summed E-state index contributed by atoms with van der Waals surface area (Å²) in [4.78, 5) is 11.2. The Morgan fingerprint density at radius 3 is 2.48 bits per heavy atom. The molecule has 2 aromatic rings. The highest BCUT2D eigenvalue weighted by Crippen LogP contribution is 2.34. The van der Waals surface area contributed by atoms with Crippen LogP contribution in [0.1, 0.15) is 35.4 Å². The van der Waals surface area contributed by atoms with Crippen LogP contribution in [0.4, 0.5) is 0 Å². The van der Waals surface area contributed by atoms with Gasteiger partial charge in [-0.3, -0.25) is 4.90 Å². The van der Waals surface area contributed by atoms with Crippen LogP contribution in [0.3, 0.4) is 0 Å². The van der Waals surface area contributed by atoms with E-state index in [1.54, 1.807) is 7.11 Å². The Kier molecular flexibility index (Phi) is 5.78. The van der Waals surface area contributed by atoms with Crippen LogP contribution in [-0.2, 0) is 23.3 Å². The van der Waals surface area contributed by atoms with E-state index in [2.05, 4.69) is 33.9 Å². The third kappa shape index (κ3) is 4.42.